The van der Waals surface area contributed by atoms with E-state index in [0.29, 0.717) is 35.3 Å². The van der Waals surface area contributed by atoms with Gasteiger partial charge < -0.3 is 24.3 Å². The summed E-state index contributed by atoms with van der Waals surface area (Å²) in [5, 5.41) is 11.5. The number of amides is 2. The normalized spacial score (nSPS) is 13.7. The molecule has 3 aromatic rings. The van der Waals surface area contributed by atoms with E-state index in [-0.39, 0.29) is 12.1 Å². The molecule has 150 valence electrons. The lowest BCUT2D eigenvalue weighted by atomic mass is 10.1. The fourth-order valence-electron chi connectivity index (χ4n) is 3.25. The monoisotopic (exact) mass is 413 g/mol. The third-order valence-corrected chi connectivity index (χ3v) is 5.16. The van der Waals surface area contributed by atoms with Crippen molar-refractivity contribution in [2.24, 2.45) is 0 Å². The van der Waals surface area contributed by atoms with E-state index in [1.54, 1.807) is 23.4 Å². The summed E-state index contributed by atoms with van der Waals surface area (Å²) < 4.78 is 12.5. The van der Waals surface area contributed by atoms with Crippen molar-refractivity contribution in [2.45, 2.75) is 6.04 Å². The predicted molar refractivity (Wildman–Crippen MR) is 110 cm³/mol. The number of nitrogens with one attached hydrogen (secondary N) is 1. The maximum Gasteiger partial charge on any atom is 0.322 e. The van der Waals surface area contributed by atoms with Crippen molar-refractivity contribution in [1.82, 2.24) is 19.7 Å². The molecule has 1 saturated heterocycles. The molecule has 0 bridgehead atoms. The number of rotatable bonds is 5. The van der Waals surface area contributed by atoms with Gasteiger partial charge in [-0.05, 0) is 6.07 Å². The van der Waals surface area contributed by atoms with Crippen molar-refractivity contribution in [3.05, 3.63) is 53.8 Å². The van der Waals surface area contributed by atoms with E-state index in [1.807, 2.05) is 34.9 Å². The average Bonchev–Trinajstić information content (AvgIpc) is 3.17. The number of benzene rings is 2. The van der Waals surface area contributed by atoms with Gasteiger partial charge in [0, 0.05) is 24.7 Å². The summed E-state index contributed by atoms with van der Waals surface area (Å²) in [7, 11) is 3.04. The Hall–Kier alpha value is -3.26. The Morgan fingerprint density at radius 3 is 2.55 bits per heavy atom. The molecule has 0 spiro atoms. The molecule has 0 unspecified atom stereocenters. The molecular formula is C20H20ClN5O3. The van der Waals surface area contributed by atoms with Gasteiger partial charge in [0.2, 0.25) is 0 Å². The van der Waals surface area contributed by atoms with Crippen LogP contribution in [0, 0.1) is 0 Å². The smallest absolute Gasteiger partial charge is 0.322 e. The minimum Gasteiger partial charge on any atom is -0.495 e. The Kier molecular flexibility index (Phi) is 5.26. The van der Waals surface area contributed by atoms with Crippen LogP contribution < -0.4 is 14.8 Å². The van der Waals surface area contributed by atoms with E-state index in [2.05, 4.69) is 15.5 Å². The largest absolute Gasteiger partial charge is 0.495 e. The highest BCUT2D eigenvalue weighted by Crippen LogP contribution is 2.36. The van der Waals surface area contributed by atoms with E-state index in [0.717, 1.165) is 11.4 Å². The van der Waals surface area contributed by atoms with Crippen molar-refractivity contribution in [1.29, 1.82) is 0 Å². The summed E-state index contributed by atoms with van der Waals surface area (Å²) in [6, 6.07) is 13.0. The van der Waals surface area contributed by atoms with Crippen LogP contribution in [0.4, 0.5) is 10.5 Å². The maximum atomic E-state index is 12.6. The first kappa shape index (κ1) is 19.1. The predicted octanol–water partition coefficient (Wildman–Crippen LogP) is 3.70. The maximum absolute atomic E-state index is 12.6. The molecule has 1 aliphatic rings. The van der Waals surface area contributed by atoms with Crippen molar-refractivity contribution >= 4 is 23.3 Å². The van der Waals surface area contributed by atoms with Gasteiger partial charge in [-0.25, -0.2) is 4.79 Å². The molecule has 0 atom stereocenters. The lowest BCUT2D eigenvalue weighted by Crippen LogP contribution is -2.52. The first-order valence-electron chi connectivity index (χ1n) is 9.03. The van der Waals surface area contributed by atoms with Gasteiger partial charge in [0.15, 0.2) is 5.82 Å². The number of ether oxygens (including phenoxy) is 2. The zero-order valence-corrected chi connectivity index (χ0v) is 16.8. The number of hydrogen-bond donors (Lipinski definition) is 1. The SMILES string of the molecule is COc1cc(OC)c(NC(=O)N2CC(n3cnnc3-c3ccccc3)C2)cc1Cl. The van der Waals surface area contributed by atoms with Gasteiger partial charge in [0.05, 0.1) is 31.0 Å². The Morgan fingerprint density at radius 2 is 1.86 bits per heavy atom. The van der Waals surface area contributed by atoms with Crippen LogP contribution in [-0.2, 0) is 0 Å². The third-order valence-electron chi connectivity index (χ3n) is 4.86. The Labute approximate surface area is 173 Å². The lowest BCUT2D eigenvalue weighted by molar-refractivity contribution is 0.136. The van der Waals surface area contributed by atoms with Crippen molar-refractivity contribution in [2.75, 3.05) is 32.6 Å². The molecule has 8 nitrogen and oxygen atoms in total. The molecule has 1 fully saturated rings. The Balaban J connectivity index is 1.43. The number of urea groups is 1. The van der Waals surface area contributed by atoms with Crippen LogP contribution in [0.3, 0.4) is 0 Å². The molecule has 2 amide bonds. The number of likely N-dealkylation sites (tertiary alicyclic amines) is 1. The lowest BCUT2D eigenvalue weighted by Gasteiger charge is -2.40. The molecule has 2 aromatic carbocycles. The first-order chi connectivity index (χ1) is 14.1. The third kappa shape index (κ3) is 3.71. The Bertz CT molecular complexity index is 1020. The van der Waals surface area contributed by atoms with Gasteiger partial charge in [-0.2, -0.15) is 0 Å². The summed E-state index contributed by atoms with van der Waals surface area (Å²) in [5.41, 5.74) is 1.48. The zero-order chi connectivity index (χ0) is 20.4. The second-order valence-corrected chi connectivity index (χ2v) is 7.01. The highest BCUT2D eigenvalue weighted by molar-refractivity contribution is 6.32. The molecule has 9 heteroatoms. The molecule has 1 N–H and O–H groups in total. The number of aromatic nitrogens is 3. The number of carbonyl (C=O) groups is 1. The summed E-state index contributed by atoms with van der Waals surface area (Å²) in [6.45, 7) is 1.10. The molecule has 4 rings (SSSR count). The van der Waals surface area contributed by atoms with E-state index in [4.69, 9.17) is 21.1 Å². The van der Waals surface area contributed by atoms with Gasteiger partial charge >= 0.3 is 6.03 Å². The summed E-state index contributed by atoms with van der Waals surface area (Å²) in [6.07, 6.45) is 1.70. The number of halogens is 1. The first-order valence-corrected chi connectivity index (χ1v) is 9.41. The average molecular weight is 414 g/mol. The molecule has 29 heavy (non-hydrogen) atoms. The van der Waals surface area contributed by atoms with Gasteiger partial charge in [0.25, 0.3) is 0 Å². The van der Waals surface area contributed by atoms with E-state index < -0.39 is 0 Å². The van der Waals surface area contributed by atoms with E-state index >= 15 is 0 Å². The van der Waals surface area contributed by atoms with Crippen LogP contribution in [0.15, 0.2) is 48.8 Å². The van der Waals surface area contributed by atoms with Crippen molar-refractivity contribution in [3.8, 4) is 22.9 Å². The number of methoxy groups -OCH3 is 2. The highest BCUT2D eigenvalue weighted by Gasteiger charge is 2.34. The second kappa shape index (κ2) is 8.00. The Morgan fingerprint density at radius 1 is 1.14 bits per heavy atom. The van der Waals surface area contributed by atoms with Crippen LogP contribution in [-0.4, -0.2) is 53.0 Å². The van der Waals surface area contributed by atoms with Gasteiger partial charge in [-0.3, -0.25) is 0 Å². The molecule has 0 radical (unpaired) electrons. The minimum absolute atomic E-state index is 0.118. The van der Waals surface area contributed by atoms with Gasteiger partial charge in [-0.15, -0.1) is 10.2 Å². The van der Waals surface area contributed by atoms with E-state index in [1.165, 1.54) is 14.2 Å². The van der Waals surface area contributed by atoms with Gasteiger partial charge in [0.1, 0.15) is 17.8 Å². The zero-order valence-electron chi connectivity index (χ0n) is 16.0. The van der Waals surface area contributed by atoms with Crippen LogP contribution in [0.1, 0.15) is 6.04 Å². The minimum atomic E-state index is -0.227. The van der Waals surface area contributed by atoms with Crippen LogP contribution in [0.25, 0.3) is 11.4 Å². The van der Waals surface area contributed by atoms with E-state index in [9.17, 15) is 4.79 Å². The quantitative estimate of drug-likeness (QED) is 0.689. The fourth-order valence-corrected chi connectivity index (χ4v) is 3.49. The number of hydrogen-bond acceptors (Lipinski definition) is 5. The number of anilines is 1. The van der Waals surface area contributed by atoms with Gasteiger partial charge in [-0.1, -0.05) is 41.9 Å². The van der Waals surface area contributed by atoms with Crippen LogP contribution in [0.5, 0.6) is 11.5 Å². The summed E-state index contributed by atoms with van der Waals surface area (Å²) in [5.74, 6) is 1.74. The molecule has 0 aliphatic carbocycles. The fraction of sp³-hybridized carbons (Fsp3) is 0.250. The summed E-state index contributed by atoms with van der Waals surface area (Å²) in [4.78, 5) is 14.3. The van der Waals surface area contributed by atoms with Crippen LogP contribution >= 0.6 is 11.6 Å². The standard InChI is InChI=1S/C20H20ClN5O3/c1-28-17-9-18(29-2)16(8-15(17)21)23-20(27)25-10-14(11-25)26-12-22-24-19(26)13-6-4-3-5-7-13/h3-9,12,14H,10-11H2,1-2H3,(H,23,27). The molecule has 0 saturated carbocycles. The molecule has 1 aromatic heterocycles. The molecule has 1 aliphatic heterocycles. The number of carbonyl (C=O) groups excluding carboxylic acids is 1. The van der Waals surface area contributed by atoms with Crippen molar-refractivity contribution < 1.29 is 14.3 Å². The topological polar surface area (TPSA) is 81.5 Å². The molecule has 2 heterocycles. The van der Waals surface area contributed by atoms with Crippen molar-refractivity contribution in [3.63, 3.8) is 0 Å². The number of nitrogens with zero attached hydrogens (tertiary/aromatic N) is 4. The van der Waals surface area contributed by atoms with Crippen LogP contribution in [0.2, 0.25) is 5.02 Å². The highest BCUT2D eigenvalue weighted by atomic mass is 35.5. The molecular weight excluding hydrogens is 394 g/mol. The summed E-state index contributed by atoms with van der Waals surface area (Å²) >= 11 is 6.17. The second-order valence-electron chi connectivity index (χ2n) is 6.60.